The molecule has 0 nitrogen and oxygen atoms in total. The summed E-state index contributed by atoms with van der Waals surface area (Å²) in [6.07, 6.45) is 0. The van der Waals surface area contributed by atoms with Crippen molar-refractivity contribution in [3.05, 3.63) is 31.7 Å². The monoisotopic (exact) mass is 316 g/mol. The van der Waals surface area contributed by atoms with E-state index in [4.69, 9.17) is 23.2 Å². The third-order valence-electron chi connectivity index (χ3n) is 1.27. The minimum Gasteiger partial charge on any atom is -0.121 e. The first-order valence-electron chi connectivity index (χ1n) is 2.85. The summed E-state index contributed by atoms with van der Waals surface area (Å²) in [6.45, 7) is 0. The number of rotatable bonds is 1. The quantitative estimate of drug-likeness (QED) is 0.524. The molecule has 0 saturated carbocycles. The molecule has 4 heteroatoms. The lowest BCUT2D eigenvalue weighted by Gasteiger charge is -2.04. The van der Waals surface area contributed by atoms with Crippen LogP contribution in [0.1, 0.15) is 5.56 Å². The Labute approximate surface area is 92.1 Å². The Morgan fingerprint density at radius 2 is 1.91 bits per heavy atom. The Morgan fingerprint density at radius 3 is 2.36 bits per heavy atom. The van der Waals surface area contributed by atoms with Crippen molar-refractivity contribution in [2.45, 2.75) is 5.88 Å². The van der Waals surface area contributed by atoms with E-state index in [9.17, 15) is 0 Å². The molecule has 1 rings (SSSR count). The van der Waals surface area contributed by atoms with Gasteiger partial charge in [0, 0.05) is 25.4 Å². The molecule has 0 unspecified atom stereocenters. The molecule has 0 atom stereocenters. The van der Waals surface area contributed by atoms with Crippen LogP contribution < -0.4 is 0 Å². The van der Waals surface area contributed by atoms with E-state index in [2.05, 4.69) is 31.9 Å². The molecule has 1 aromatic carbocycles. The van der Waals surface area contributed by atoms with Crippen molar-refractivity contribution in [3.63, 3.8) is 0 Å². The highest BCUT2D eigenvalue weighted by Gasteiger charge is 2.06. The molecule has 0 aliphatic heterocycles. The van der Waals surface area contributed by atoms with Crippen molar-refractivity contribution in [3.8, 4) is 0 Å². The summed E-state index contributed by atoms with van der Waals surface area (Å²) in [6, 6.07) is 3.69. The molecular formula is C7H4Br2Cl2. The van der Waals surface area contributed by atoms with Crippen LogP contribution in [0.4, 0.5) is 0 Å². The highest BCUT2D eigenvalue weighted by Crippen LogP contribution is 2.32. The van der Waals surface area contributed by atoms with Gasteiger partial charge < -0.3 is 0 Å². The largest absolute Gasteiger partial charge is 0.121 e. The van der Waals surface area contributed by atoms with E-state index in [0.717, 1.165) is 14.5 Å². The van der Waals surface area contributed by atoms with Gasteiger partial charge in [-0.2, -0.15) is 0 Å². The Hall–Kier alpha value is 0.760. The van der Waals surface area contributed by atoms with Gasteiger partial charge in [-0.3, -0.25) is 0 Å². The lowest BCUT2D eigenvalue weighted by molar-refractivity contribution is 1.35. The zero-order valence-electron chi connectivity index (χ0n) is 5.37. The molecule has 0 aliphatic carbocycles. The summed E-state index contributed by atoms with van der Waals surface area (Å²) in [5.74, 6) is 0.416. The fraction of sp³-hybridized carbons (Fsp3) is 0.143. The second kappa shape index (κ2) is 4.13. The van der Waals surface area contributed by atoms with Gasteiger partial charge in [0.25, 0.3) is 0 Å². The Kier molecular flexibility index (Phi) is 3.69. The van der Waals surface area contributed by atoms with Crippen LogP contribution in [0.2, 0.25) is 5.02 Å². The second-order valence-corrected chi connectivity index (χ2v) is 4.28. The van der Waals surface area contributed by atoms with Crippen molar-refractivity contribution in [1.82, 2.24) is 0 Å². The van der Waals surface area contributed by atoms with E-state index < -0.39 is 0 Å². The standard InChI is InChI=1S/C7H4Br2Cl2/c8-5-1-2-6(11)4(3-10)7(5)9/h1-2H,3H2. The Morgan fingerprint density at radius 1 is 1.27 bits per heavy atom. The zero-order valence-corrected chi connectivity index (χ0v) is 10.1. The van der Waals surface area contributed by atoms with E-state index in [1.54, 1.807) is 0 Å². The lowest BCUT2D eigenvalue weighted by Crippen LogP contribution is -1.83. The molecular weight excluding hydrogens is 315 g/mol. The van der Waals surface area contributed by atoms with Gasteiger partial charge in [0.1, 0.15) is 0 Å². The number of hydrogen-bond donors (Lipinski definition) is 0. The zero-order chi connectivity index (χ0) is 8.43. The van der Waals surface area contributed by atoms with Crippen LogP contribution in [-0.4, -0.2) is 0 Å². The number of alkyl halides is 1. The number of halogens is 4. The molecule has 11 heavy (non-hydrogen) atoms. The Balaban J connectivity index is 3.29. The Bertz CT molecular complexity index is 273. The molecule has 0 spiro atoms. The summed E-state index contributed by atoms with van der Waals surface area (Å²) in [7, 11) is 0. The second-order valence-electron chi connectivity index (χ2n) is 1.96. The first-order valence-corrected chi connectivity index (χ1v) is 5.35. The predicted molar refractivity (Wildman–Crippen MR) is 56.4 cm³/mol. The van der Waals surface area contributed by atoms with Gasteiger partial charge in [0.15, 0.2) is 0 Å². The minimum atomic E-state index is 0.416. The van der Waals surface area contributed by atoms with Crippen LogP contribution in [0.5, 0.6) is 0 Å². The molecule has 0 saturated heterocycles. The summed E-state index contributed by atoms with van der Waals surface area (Å²) in [5, 5.41) is 0.690. The molecule has 0 amide bonds. The van der Waals surface area contributed by atoms with E-state index in [0.29, 0.717) is 10.9 Å². The van der Waals surface area contributed by atoms with E-state index in [1.165, 1.54) is 0 Å². The number of hydrogen-bond acceptors (Lipinski definition) is 0. The average Bonchev–Trinajstić information content (AvgIpc) is 1.99. The minimum absolute atomic E-state index is 0.416. The molecule has 0 heterocycles. The molecule has 0 aliphatic rings. The van der Waals surface area contributed by atoms with Crippen LogP contribution in [0, 0.1) is 0 Å². The van der Waals surface area contributed by atoms with E-state index >= 15 is 0 Å². The highest BCUT2D eigenvalue weighted by atomic mass is 79.9. The van der Waals surface area contributed by atoms with Crippen molar-refractivity contribution in [2.24, 2.45) is 0 Å². The molecule has 1 aromatic rings. The normalized spacial score (nSPS) is 10.2. The van der Waals surface area contributed by atoms with Gasteiger partial charge in [0.05, 0.1) is 0 Å². The van der Waals surface area contributed by atoms with Gasteiger partial charge in [-0.15, -0.1) is 11.6 Å². The van der Waals surface area contributed by atoms with Crippen LogP contribution >= 0.6 is 55.1 Å². The molecule has 0 bridgehead atoms. The smallest absolute Gasteiger partial charge is 0.0500 e. The van der Waals surface area contributed by atoms with Crippen molar-refractivity contribution >= 4 is 55.1 Å². The van der Waals surface area contributed by atoms with Crippen LogP contribution in [-0.2, 0) is 5.88 Å². The fourth-order valence-electron chi connectivity index (χ4n) is 0.692. The van der Waals surface area contributed by atoms with Crippen LogP contribution in [0.15, 0.2) is 21.1 Å². The molecule has 60 valence electrons. The fourth-order valence-corrected chi connectivity index (χ4v) is 2.39. The first kappa shape index (κ1) is 9.85. The van der Waals surface area contributed by atoms with Crippen molar-refractivity contribution < 1.29 is 0 Å². The SMILES string of the molecule is ClCc1c(Cl)ccc(Br)c1Br. The summed E-state index contributed by atoms with van der Waals surface area (Å²) >= 11 is 18.3. The molecule has 0 radical (unpaired) electrons. The van der Waals surface area contributed by atoms with E-state index in [-0.39, 0.29) is 0 Å². The topological polar surface area (TPSA) is 0 Å². The molecule has 0 N–H and O–H groups in total. The summed E-state index contributed by atoms with van der Waals surface area (Å²) in [4.78, 5) is 0. The van der Waals surface area contributed by atoms with Gasteiger partial charge in [-0.25, -0.2) is 0 Å². The van der Waals surface area contributed by atoms with Crippen molar-refractivity contribution in [2.75, 3.05) is 0 Å². The number of benzene rings is 1. The first-order chi connectivity index (χ1) is 5.16. The van der Waals surface area contributed by atoms with Gasteiger partial charge in [-0.05, 0) is 44.0 Å². The lowest BCUT2D eigenvalue weighted by atomic mass is 10.2. The maximum atomic E-state index is 5.87. The van der Waals surface area contributed by atoms with Gasteiger partial charge >= 0.3 is 0 Å². The van der Waals surface area contributed by atoms with E-state index in [1.807, 2.05) is 12.1 Å². The predicted octanol–water partition coefficient (Wildman–Crippen LogP) is 4.60. The summed E-state index contributed by atoms with van der Waals surface area (Å²) in [5.41, 5.74) is 0.919. The van der Waals surface area contributed by atoms with Gasteiger partial charge in [-0.1, -0.05) is 11.6 Å². The third kappa shape index (κ3) is 2.11. The maximum absolute atomic E-state index is 5.87. The van der Waals surface area contributed by atoms with Crippen LogP contribution in [0.3, 0.4) is 0 Å². The van der Waals surface area contributed by atoms with Crippen molar-refractivity contribution in [1.29, 1.82) is 0 Å². The highest BCUT2D eigenvalue weighted by molar-refractivity contribution is 9.13. The molecule has 0 aromatic heterocycles. The van der Waals surface area contributed by atoms with Gasteiger partial charge in [0.2, 0.25) is 0 Å². The molecule has 0 fully saturated rings. The average molecular weight is 319 g/mol. The van der Waals surface area contributed by atoms with Crippen LogP contribution in [0.25, 0.3) is 0 Å². The summed E-state index contributed by atoms with van der Waals surface area (Å²) < 4.78 is 1.90. The maximum Gasteiger partial charge on any atom is 0.0500 e. The third-order valence-corrected chi connectivity index (χ3v) is 3.99.